The summed E-state index contributed by atoms with van der Waals surface area (Å²) in [6.07, 6.45) is 12.6. The molecule has 0 aromatic carbocycles. The first kappa shape index (κ1) is 19.0. The number of aromatic nitrogens is 6. The van der Waals surface area contributed by atoms with E-state index in [1.807, 2.05) is 27.9 Å². The van der Waals surface area contributed by atoms with Crippen molar-refractivity contribution in [2.24, 2.45) is 0 Å². The molecule has 10 nitrogen and oxygen atoms in total. The molecule has 1 saturated heterocycles. The average Bonchev–Trinajstić information content (AvgIpc) is 3.50. The van der Waals surface area contributed by atoms with Crippen molar-refractivity contribution in [1.29, 1.82) is 0 Å². The summed E-state index contributed by atoms with van der Waals surface area (Å²) in [5.74, 6) is 1.93. The van der Waals surface area contributed by atoms with E-state index in [0.29, 0.717) is 29.7 Å². The van der Waals surface area contributed by atoms with Gasteiger partial charge < -0.3 is 19.9 Å². The fourth-order valence-corrected chi connectivity index (χ4v) is 5.12. The number of ether oxygens (including phenoxy) is 1. The van der Waals surface area contributed by atoms with Crippen LogP contribution in [0.15, 0.2) is 31.0 Å². The maximum atomic E-state index is 12.1. The Kier molecular flexibility index (Phi) is 4.11. The lowest BCUT2D eigenvalue weighted by Gasteiger charge is -2.51. The summed E-state index contributed by atoms with van der Waals surface area (Å²) in [6.45, 7) is 3.03. The third-order valence-electron chi connectivity index (χ3n) is 6.68. The average molecular weight is 432 g/mol. The molecular weight excluding hydrogens is 408 g/mol. The quantitative estimate of drug-likeness (QED) is 0.498. The van der Waals surface area contributed by atoms with Gasteiger partial charge in [0.1, 0.15) is 5.65 Å². The Morgan fingerprint density at radius 2 is 2.16 bits per heavy atom. The summed E-state index contributed by atoms with van der Waals surface area (Å²) in [6, 6.07) is 0.220. The van der Waals surface area contributed by atoms with E-state index in [2.05, 4.69) is 37.2 Å². The SMILES string of the molecule is COc1nc(N[C@H]2C[C@](C)(N3CCCC3=O)C2)nc2[nH]cc(-c3cnc4nccn4c3)c12. The van der Waals surface area contributed by atoms with Crippen molar-refractivity contribution in [1.82, 2.24) is 34.2 Å². The summed E-state index contributed by atoms with van der Waals surface area (Å²) in [7, 11) is 1.61. The molecular formula is C22H24N8O2. The van der Waals surface area contributed by atoms with E-state index in [4.69, 9.17) is 4.74 Å². The number of fused-ring (bicyclic) bond motifs is 2. The number of carbonyl (C=O) groups excluding carboxylic acids is 1. The monoisotopic (exact) mass is 432 g/mol. The van der Waals surface area contributed by atoms with E-state index < -0.39 is 0 Å². The van der Waals surface area contributed by atoms with Crippen molar-refractivity contribution >= 4 is 28.7 Å². The number of carbonyl (C=O) groups is 1. The Morgan fingerprint density at radius 3 is 2.94 bits per heavy atom. The largest absolute Gasteiger partial charge is 0.480 e. The number of imidazole rings is 1. The number of anilines is 1. The highest BCUT2D eigenvalue weighted by Crippen LogP contribution is 2.41. The molecule has 164 valence electrons. The van der Waals surface area contributed by atoms with E-state index in [1.165, 1.54) is 0 Å². The minimum Gasteiger partial charge on any atom is -0.480 e. The Labute approximate surface area is 184 Å². The van der Waals surface area contributed by atoms with E-state index in [-0.39, 0.29) is 17.5 Å². The topological polar surface area (TPSA) is 113 Å². The molecule has 0 radical (unpaired) electrons. The van der Waals surface area contributed by atoms with Crippen LogP contribution < -0.4 is 10.1 Å². The third-order valence-corrected chi connectivity index (χ3v) is 6.68. The zero-order valence-electron chi connectivity index (χ0n) is 18.0. The summed E-state index contributed by atoms with van der Waals surface area (Å²) < 4.78 is 7.50. The zero-order chi connectivity index (χ0) is 21.9. The van der Waals surface area contributed by atoms with Crippen LogP contribution in [-0.4, -0.2) is 65.4 Å². The number of amides is 1. The van der Waals surface area contributed by atoms with Crippen LogP contribution in [0.4, 0.5) is 5.95 Å². The third kappa shape index (κ3) is 2.89. The van der Waals surface area contributed by atoms with Gasteiger partial charge in [-0.15, -0.1) is 0 Å². The van der Waals surface area contributed by atoms with Crippen LogP contribution in [0.1, 0.15) is 32.6 Å². The van der Waals surface area contributed by atoms with Crippen LogP contribution in [0.5, 0.6) is 5.88 Å². The van der Waals surface area contributed by atoms with Crippen LogP contribution in [0.3, 0.4) is 0 Å². The van der Waals surface area contributed by atoms with Gasteiger partial charge in [0.15, 0.2) is 0 Å². The van der Waals surface area contributed by atoms with Crippen molar-refractivity contribution in [2.75, 3.05) is 19.0 Å². The lowest BCUT2D eigenvalue weighted by Crippen LogP contribution is -2.59. The van der Waals surface area contributed by atoms with E-state index >= 15 is 0 Å². The smallest absolute Gasteiger partial charge is 0.233 e. The molecule has 2 N–H and O–H groups in total. The Balaban J connectivity index is 1.27. The lowest BCUT2D eigenvalue weighted by atomic mass is 9.73. The van der Waals surface area contributed by atoms with Gasteiger partial charge in [-0.05, 0) is 26.2 Å². The number of hydrogen-bond donors (Lipinski definition) is 2. The highest BCUT2D eigenvalue weighted by atomic mass is 16.5. The molecule has 1 amide bonds. The van der Waals surface area contributed by atoms with E-state index in [9.17, 15) is 4.79 Å². The minimum atomic E-state index is -0.0714. The van der Waals surface area contributed by atoms with Gasteiger partial charge in [0.25, 0.3) is 0 Å². The number of aromatic amines is 1. The summed E-state index contributed by atoms with van der Waals surface area (Å²) in [5.41, 5.74) is 2.44. The van der Waals surface area contributed by atoms with Gasteiger partial charge in [-0.2, -0.15) is 9.97 Å². The highest BCUT2D eigenvalue weighted by Gasteiger charge is 2.48. The number of nitrogens with zero attached hydrogens (tertiary/aromatic N) is 6. The van der Waals surface area contributed by atoms with Crippen LogP contribution in [0.25, 0.3) is 27.9 Å². The van der Waals surface area contributed by atoms with Gasteiger partial charge in [-0.3, -0.25) is 9.20 Å². The number of methoxy groups -OCH3 is 1. The molecule has 0 spiro atoms. The first-order chi connectivity index (χ1) is 15.5. The molecule has 10 heteroatoms. The normalized spacial score (nSPS) is 23.1. The van der Waals surface area contributed by atoms with Crippen molar-refractivity contribution in [2.45, 2.75) is 44.2 Å². The Morgan fingerprint density at radius 1 is 1.28 bits per heavy atom. The van der Waals surface area contributed by atoms with Crippen molar-refractivity contribution in [3.8, 4) is 17.0 Å². The predicted molar refractivity (Wildman–Crippen MR) is 118 cm³/mol. The molecule has 2 fully saturated rings. The van der Waals surface area contributed by atoms with Gasteiger partial charge in [0.05, 0.1) is 12.5 Å². The van der Waals surface area contributed by atoms with Crippen LogP contribution in [-0.2, 0) is 4.79 Å². The van der Waals surface area contributed by atoms with Crippen molar-refractivity contribution < 1.29 is 9.53 Å². The second-order valence-electron chi connectivity index (χ2n) is 8.85. The van der Waals surface area contributed by atoms with Crippen LogP contribution in [0, 0.1) is 0 Å². The fraction of sp³-hybridized carbons (Fsp3) is 0.409. The molecule has 1 aliphatic carbocycles. The highest BCUT2D eigenvalue weighted by molar-refractivity contribution is 5.97. The van der Waals surface area contributed by atoms with Gasteiger partial charge in [-0.1, -0.05) is 0 Å². The second-order valence-corrected chi connectivity index (χ2v) is 8.85. The standard InChI is InChI=1S/C22H24N8O2/c1-22(30-6-3-4-16(30)31)8-14(9-22)26-20-27-18-17(19(28-20)32-2)15(11-24-18)13-10-25-21-23-5-7-29(21)12-13/h5,7,10-12,14H,3-4,6,8-9H2,1-2H3,(H2,24,26,27,28)/t14-,22-. The first-order valence-electron chi connectivity index (χ1n) is 10.8. The molecule has 1 saturated carbocycles. The fourth-order valence-electron chi connectivity index (χ4n) is 5.12. The predicted octanol–water partition coefficient (Wildman–Crippen LogP) is 2.63. The number of H-pyrrole nitrogens is 1. The second kappa shape index (κ2) is 6.91. The Bertz CT molecular complexity index is 1340. The van der Waals surface area contributed by atoms with Crippen molar-refractivity contribution in [3.63, 3.8) is 0 Å². The molecule has 1 aliphatic heterocycles. The molecule has 4 aromatic heterocycles. The van der Waals surface area contributed by atoms with E-state index in [1.54, 1.807) is 19.5 Å². The summed E-state index contributed by atoms with van der Waals surface area (Å²) in [4.78, 5) is 35.3. The molecule has 0 unspecified atom stereocenters. The Hall–Kier alpha value is -3.69. The number of likely N-dealkylation sites (tertiary alicyclic amines) is 1. The summed E-state index contributed by atoms with van der Waals surface area (Å²) in [5, 5.41) is 4.23. The van der Waals surface area contributed by atoms with Gasteiger partial charge >= 0.3 is 0 Å². The molecule has 4 aromatic rings. The molecule has 2 aliphatic rings. The van der Waals surface area contributed by atoms with Crippen LogP contribution >= 0.6 is 0 Å². The maximum absolute atomic E-state index is 12.1. The van der Waals surface area contributed by atoms with E-state index in [0.717, 1.165) is 42.3 Å². The minimum absolute atomic E-state index is 0.0714. The number of rotatable bonds is 5. The molecule has 0 bridgehead atoms. The zero-order valence-corrected chi connectivity index (χ0v) is 18.0. The first-order valence-corrected chi connectivity index (χ1v) is 10.8. The van der Waals surface area contributed by atoms with Gasteiger partial charge in [0.2, 0.25) is 23.5 Å². The lowest BCUT2D eigenvalue weighted by molar-refractivity contribution is -0.136. The van der Waals surface area contributed by atoms with Gasteiger partial charge in [-0.25, -0.2) is 9.97 Å². The molecule has 5 heterocycles. The molecule has 6 rings (SSSR count). The number of nitrogens with one attached hydrogen (secondary N) is 2. The van der Waals surface area contributed by atoms with Crippen molar-refractivity contribution in [3.05, 3.63) is 31.0 Å². The molecule has 32 heavy (non-hydrogen) atoms. The maximum Gasteiger partial charge on any atom is 0.233 e. The van der Waals surface area contributed by atoms with Crippen LogP contribution in [0.2, 0.25) is 0 Å². The molecule has 0 atom stereocenters. The van der Waals surface area contributed by atoms with Gasteiger partial charge in [0, 0.05) is 66.7 Å². The summed E-state index contributed by atoms with van der Waals surface area (Å²) >= 11 is 0. The number of hydrogen-bond acceptors (Lipinski definition) is 7.